The van der Waals surface area contributed by atoms with E-state index in [0.717, 1.165) is 20.9 Å². The third kappa shape index (κ3) is 9.78. The number of nitrogens with zero attached hydrogens (tertiary/aromatic N) is 2. The second-order valence-corrected chi connectivity index (χ2v) is 10.8. The van der Waals surface area contributed by atoms with Gasteiger partial charge in [0.25, 0.3) is 0 Å². The first kappa shape index (κ1) is 28.2. The van der Waals surface area contributed by atoms with Crippen molar-refractivity contribution < 1.29 is 24.2 Å². The predicted octanol–water partition coefficient (Wildman–Crippen LogP) is 4.73. The van der Waals surface area contributed by atoms with Gasteiger partial charge in [-0.15, -0.1) is 22.7 Å². The summed E-state index contributed by atoms with van der Waals surface area (Å²) in [6.45, 7) is 0.204. The lowest BCUT2D eigenvalue weighted by atomic mass is 9.94. The molecule has 11 heteroatoms. The van der Waals surface area contributed by atoms with Gasteiger partial charge in [-0.3, -0.25) is 9.97 Å². The number of hydrogen-bond acceptors (Lipinski definition) is 9. The Morgan fingerprint density at radius 3 is 1.79 bits per heavy atom. The molecular formula is C28H30N4O5S2. The molecule has 9 nitrogen and oxygen atoms in total. The van der Waals surface area contributed by atoms with Gasteiger partial charge in [0, 0.05) is 18.4 Å². The van der Waals surface area contributed by atoms with Gasteiger partial charge >= 0.3 is 12.2 Å². The zero-order valence-electron chi connectivity index (χ0n) is 21.1. The van der Waals surface area contributed by atoms with Crippen molar-refractivity contribution in [2.24, 2.45) is 0 Å². The molecule has 2 aromatic heterocycles. The first-order chi connectivity index (χ1) is 19.0. The third-order valence-electron chi connectivity index (χ3n) is 5.90. The molecule has 204 valence electrons. The first-order valence-electron chi connectivity index (χ1n) is 12.4. The number of ether oxygens (including phenoxy) is 2. The van der Waals surface area contributed by atoms with Crippen LogP contribution < -0.4 is 10.6 Å². The van der Waals surface area contributed by atoms with Crippen LogP contribution in [-0.4, -0.2) is 45.4 Å². The summed E-state index contributed by atoms with van der Waals surface area (Å²) in [6, 6.07) is 18.1. The number of carbonyl (C=O) groups is 2. The van der Waals surface area contributed by atoms with Crippen LogP contribution in [-0.2, 0) is 35.5 Å². The Morgan fingerprint density at radius 2 is 1.28 bits per heavy atom. The molecule has 3 unspecified atom stereocenters. The van der Waals surface area contributed by atoms with Crippen molar-refractivity contribution in [1.82, 2.24) is 20.6 Å². The minimum absolute atomic E-state index is 0.0917. The molecule has 0 saturated heterocycles. The number of rotatable bonds is 13. The van der Waals surface area contributed by atoms with Gasteiger partial charge in [0.1, 0.15) is 13.2 Å². The van der Waals surface area contributed by atoms with E-state index in [4.69, 9.17) is 9.47 Å². The zero-order chi connectivity index (χ0) is 27.3. The smallest absolute Gasteiger partial charge is 0.407 e. The van der Waals surface area contributed by atoms with Gasteiger partial charge in [-0.05, 0) is 30.4 Å². The number of amides is 2. The van der Waals surface area contributed by atoms with Gasteiger partial charge in [0.2, 0.25) is 0 Å². The van der Waals surface area contributed by atoms with E-state index < -0.39 is 30.4 Å². The molecule has 2 amide bonds. The van der Waals surface area contributed by atoms with Gasteiger partial charge in [-0.1, -0.05) is 60.7 Å². The Labute approximate surface area is 234 Å². The lowest BCUT2D eigenvalue weighted by Crippen LogP contribution is -2.48. The number of aromatic nitrogens is 2. The number of aliphatic hydroxyl groups is 1. The average molecular weight is 567 g/mol. The standard InChI is InChI=1S/C28H30N4O5S2/c33-26(25(12-21-9-5-2-6-10-21)32-28(35)37-17-24-15-30-19-39-24)13-22(11-20-7-3-1-4-8-20)31-27(34)36-16-23-14-29-18-38-23/h1-10,14-15,18-19,22,25-26,33H,11-13,16-17H2,(H,31,34)(H,32,35). The number of aliphatic hydroxyl groups excluding tert-OH is 1. The maximum atomic E-state index is 12.6. The summed E-state index contributed by atoms with van der Waals surface area (Å²) in [5, 5.41) is 17.0. The Balaban J connectivity index is 1.42. The van der Waals surface area contributed by atoms with Crippen LogP contribution in [0.3, 0.4) is 0 Å². The average Bonchev–Trinajstić information content (AvgIpc) is 3.66. The molecule has 2 aromatic carbocycles. The summed E-state index contributed by atoms with van der Waals surface area (Å²) in [5.74, 6) is 0. The van der Waals surface area contributed by atoms with Crippen LogP contribution in [0.25, 0.3) is 0 Å². The van der Waals surface area contributed by atoms with Crippen molar-refractivity contribution in [3.63, 3.8) is 0 Å². The Bertz CT molecular complexity index is 1260. The normalized spacial score (nSPS) is 13.2. The summed E-state index contributed by atoms with van der Waals surface area (Å²) in [7, 11) is 0. The Kier molecular flexibility index (Phi) is 10.8. The summed E-state index contributed by atoms with van der Waals surface area (Å²) in [5.41, 5.74) is 5.28. The summed E-state index contributed by atoms with van der Waals surface area (Å²) in [6.07, 6.45) is 2.10. The third-order valence-corrected chi connectivity index (χ3v) is 7.40. The van der Waals surface area contributed by atoms with E-state index in [1.807, 2.05) is 60.7 Å². The van der Waals surface area contributed by atoms with E-state index in [-0.39, 0.29) is 19.6 Å². The van der Waals surface area contributed by atoms with Crippen molar-refractivity contribution in [3.05, 3.63) is 105 Å². The van der Waals surface area contributed by atoms with Gasteiger partial charge < -0.3 is 25.2 Å². The van der Waals surface area contributed by atoms with Crippen LogP contribution >= 0.6 is 22.7 Å². The molecule has 2 heterocycles. The summed E-state index contributed by atoms with van der Waals surface area (Å²) in [4.78, 5) is 34.9. The van der Waals surface area contributed by atoms with Crippen molar-refractivity contribution in [2.75, 3.05) is 0 Å². The number of alkyl carbamates (subject to hydrolysis) is 2. The molecule has 0 radical (unpaired) electrons. The van der Waals surface area contributed by atoms with Gasteiger partial charge in [-0.2, -0.15) is 0 Å². The van der Waals surface area contributed by atoms with Crippen molar-refractivity contribution in [3.8, 4) is 0 Å². The monoisotopic (exact) mass is 566 g/mol. The van der Waals surface area contributed by atoms with Crippen LogP contribution in [0.5, 0.6) is 0 Å². The van der Waals surface area contributed by atoms with E-state index in [2.05, 4.69) is 20.6 Å². The molecule has 4 aromatic rings. The molecule has 0 aliphatic heterocycles. The lowest BCUT2D eigenvalue weighted by molar-refractivity contribution is 0.0864. The molecular weight excluding hydrogens is 536 g/mol. The highest BCUT2D eigenvalue weighted by atomic mass is 32.1. The number of nitrogens with one attached hydrogen (secondary N) is 2. The van der Waals surface area contributed by atoms with E-state index in [0.29, 0.717) is 12.8 Å². The summed E-state index contributed by atoms with van der Waals surface area (Å²) < 4.78 is 10.7. The van der Waals surface area contributed by atoms with Gasteiger partial charge in [0.05, 0.1) is 32.9 Å². The van der Waals surface area contributed by atoms with Crippen LogP contribution in [0, 0.1) is 0 Å². The number of benzene rings is 2. The molecule has 0 aliphatic carbocycles. The Hall–Kier alpha value is -3.80. The van der Waals surface area contributed by atoms with Crippen molar-refractivity contribution in [1.29, 1.82) is 0 Å². The zero-order valence-corrected chi connectivity index (χ0v) is 22.8. The number of thiazole rings is 2. The minimum atomic E-state index is -0.989. The number of hydrogen-bond donors (Lipinski definition) is 3. The molecule has 0 aliphatic rings. The quantitative estimate of drug-likeness (QED) is 0.214. The maximum absolute atomic E-state index is 12.6. The first-order valence-corrected chi connectivity index (χ1v) is 14.2. The molecule has 0 bridgehead atoms. The maximum Gasteiger partial charge on any atom is 0.407 e. The van der Waals surface area contributed by atoms with Crippen molar-refractivity contribution >= 4 is 34.9 Å². The molecule has 0 spiro atoms. The van der Waals surface area contributed by atoms with Gasteiger partial charge in [0.15, 0.2) is 0 Å². The van der Waals surface area contributed by atoms with E-state index in [1.54, 1.807) is 23.4 Å². The topological polar surface area (TPSA) is 123 Å². The minimum Gasteiger partial charge on any atom is -0.444 e. The fraction of sp³-hybridized carbons (Fsp3) is 0.286. The SMILES string of the molecule is O=C(NC(Cc1ccccc1)CC(O)C(Cc1ccccc1)NC(=O)OCc1cncs1)OCc1cncs1. The fourth-order valence-electron chi connectivity index (χ4n) is 4.00. The van der Waals surface area contributed by atoms with E-state index in [1.165, 1.54) is 22.7 Å². The Morgan fingerprint density at radius 1 is 0.769 bits per heavy atom. The molecule has 39 heavy (non-hydrogen) atoms. The lowest BCUT2D eigenvalue weighted by Gasteiger charge is -2.28. The molecule has 0 saturated carbocycles. The highest BCUT2D eigenvalue weighted by Crippen LogP contribution is 2.15. The largest absolute Gasteiger partial charge is 0.444 e. The van der Waals surface area contributed by atoms with E-state index >= 15 is 0 Å². The predicted molar refractivity (Wildman–Crippen MR) is 149 cm³/mol. The van der Waals surface area contributed by atoms with Gasteiger partial charge in [-0.25, -0.2) is 9.59 Å². The van der Waals surface area contributed by atoms with Crippen LogP contribution in [0.15, 0.2) is 84.1 Å². The second-order valence-electron chi connectivity index (χ2n) is 8.86. The van der Waals surface area contributed by atoms with Crippen LogP contribution in [0.4, 0.5) is 9.59 Å². The molecule has 3 N–H and O–H groups in total. The molecule has 3 atom stereocenters. The highest BCUT2D eigenvalue weighted by Gasteiger charge is 2.27. The molecule has 4 rings (SSSR count). The highest BCUT2D eigenvalue weighted by molar-refractivity contribution is 7.09. The summed E-state index contributed by atoms with van der Waals surface area (Å²) >= 11 is 2.79. The number of carbonyl (C=O) groups excluding carboxylic acids is 2. The second kappa shape index (κ2) is 15.0. The van der Waals surface area contributed by atoms with Crippen molar-refractivity contribution in [2.45, 2.75) is 50.7 Å². The van der Waals surface area contributed by atoms with E-state index in [9.17, 15) is 14.7 Å². The molecule has 0 fully saturated rings. The van der Waals surface area contributed by atoms with Crippen LogP contribution in [0.1, 0.15) is 27.3 Å². The fourth-order valence-corrected chi connectivity index (χ4v) is 5.01. The van der Waals surface area contributed by atoms with Crippen LogP contribution in [0.2, 0.25) is 0 Å².